The first kappa shape index (κ1) is 90.2. The van der Waals surface area contributed by atoms with Crippen LogP contribution in [0, 0.1) is 0 Å². The Labute approximate surface area is 577 Å². The summed E-state index contributed by atoms with van der Waals surface area (Å²) in [6.07, 6.45) is 102. The van der Waals surface area contributed by atoms with Crippen LogP contribution in [-0.2, 0) is 32.7 Å². The van der Waals surface area contributed by atoms with Crippen molar-refractivity contribution in [3.8, 4) is 0 Å². The minimum atomic E-state index is -4.40. The zero-order chi connectivity index (χ0) is 67.6. The molecule has 2 atom stereocenters. The standard InChI is InChI=1S/C83H152NO8P/c1-6-8-10-12-14-16-18-20-22-24-26-28-30-32-34-36-38-39-40-41-42-43-44-45-46-48-50-52-54-56-58-60-62-64-66-68-70-72-74-76-83(86)92-81(80-91-93(87,88)90-78-77-84(3,4)5)79-89-82(85)75-73-71-69-67-65-63-61-59-57-55-53-51-49-47-37-35-33-31-29-27-25-23-21-19-17-15-13-11-9-7-2/h8,10,14,16,20,22,26,28,32,34,38-39,41-42,81H,6-7,9,11-13,15,17-19,21,23-25,27,29-31,33,35-37,40,43-80H2,1-5H3/p+1/b10-8-,16-14-,22-20-,28-26-,34-32-,39-38-,42-41-. The van der Waals surface area contributed by atoms with E-state index in [4.69, 9.17) is 18.5 Å². The molecule has 1 N–H and O–H groups in total. The summed E-state index contributed by atoms with van der Waals surface area (Å²) in [5, 5.41) is 0. The molecule has 0 fully saturated rings. The quantitative estimate of drug-likeness (QED) is 0.0211. The summed E-state index contributed by atoms with van der Waals surface area (Å²) in [5.74, 6) is -0.778. The van der Waals surface area contributed by atoms with Crippen LogP contribution >= 0.6 is 7.82 Å². The van der Waals surface area contributed by atoms with Gasteiger partial charge in [-0.3, -0.25) is 18.6 Å². The first-order valence-electron chi connectivity index (χ1n) is 39.8. The fourth-order valence-electron chi connectivity index (χ4n) is 11.6. The molecule has 0 aliphatic carbocycles. The van der Waals surface area contributed by atoms with Crippen LogP contribution in [0.5, 0.6) is 0 Å². The highest BCUT2D eigenvalue weighted by Gasteiger charge is 2.27. The Kier molecular flexibility index (Phi) is 71.2. The zero-order valence-electron chi connectivity index (χ0n) is 62.0. The first-order chi connectivity index (χ1) is 45.5. The van der Waals surface area contributed by atoms with E-state index in [1.165, 1.54) is 270 Å². The van der Waals surface area contributed by atoms with Gasteiger partial charge in [-0.05, 0) is 70.6 Å². The van der Waals surface area contributed by atoms with Crippen molar-refractivity contribution in [1.82, 2.24) is 0 Å². The number of phosphoric ester groups is 1. The minimum Gasteiger partial charge on any atom is -0.462 e. The summed E-state index contributed by atoms with van der Waals surface area (Å²) >= 11 is 0. The summed E-state index contributed by atoms with van der Waals surface area (Å²) in [4.78, 5) is 36.0. The van der Waals surface area contributed by atoms with Gasteiger partial charge in [-0.1, -0.05) is 381 Å². The second-order valence-electron chi connectivity index (χ2n) is 28.1. The van der Waals surface area contributed by atoms with Gasteiger partial charge in [0.1, 0.15) is 19.8 Å². The van der Waals surface area contributed by atoms with Crippen LogP contribution in [0.1, 0.15) is 380 Å². The molecule has 10 heteroatoms. The molecule has 542 valence electrons. The number of carbonyl (C=O) groups excluding carboxylic acids is 2. The van der Waals surface area contributed by atoms with Crippen molar-refractivity contribution in [3.05, 3.63) is 85.1 Å². The number of quaternary nitrogens is 1. The summed E-state index contributed by atoms with van der Waals surface area (Å²) in [7, 11) is 1.49. The molecule has 0 bridgehead atoms. The highest BCUT2D eigenvalue weighted by Crippen LogP contribution is 2.43. The molecule has 9 nitrogen and oxygen atoms in total. The van der Waals surface area contributed by atoms with Crippen molar-refractivity contribution < 1.29 is 42.1 Å². The van der Waals surface area contributed by atoms with Crippen LogP contribution in [0.4, 0.5) is 0 Å². The maximum absolute atomic E-state index is 12.9. The van der Waals surface area contributed by atoms with Gasteiger partial charge in [-0.15, -0.1) is 0 Å². The lowest BCUT2D eigenvalue weighted by atomic mass is 10.0. The number of carbonyl (C=O) groups is 2. The molecule has 0 radical (unpaired) electrons. The molecule has 0 saturated heterocycles. The van der Waals surface area contributed by atoms with E-state index in [2.05, 4.69) is 98.9 Å². The molecular weight excluding hydrogens is 1170 g/mol. The smallest absolute Gasteiger partial charge is 0.462 e. The molecule has 0 aromatic heterocycles. The normalized spacial score (nSPS) is 13.5. The van der Waals surface area contributed by atoms with Gasteiger partial charge in [0.05, 0.1) is 27.7 Å². The van der Waals surface area contributed by atoms with Crippen molar-refractivity contribution in [3.63, 3.8) is 0 Å². The van der Waals surface area contributed by atoms with Crippen molar-refractivity contribution in [2.24, 2.45) is 0 Å². The van der Waals surface area contributed by atoms with E-state index >= 15 is 0 Å². The van der Waals surface area contributed by atoms with E-state index in [0.717, 1.165) is 77.0 Å². The van der Waals surface area contributed by atoms with Crippen molar-refractivity contribution in [2.75, 3.05) is 47.5 Å². The maximum Gasteiger partial charge on any atom is 0.472 e. The monoisotopic (exact) mass is 1320 g/mol. The maximum atomic E-state index is 12.9. The summed E-state index contributed by atoms with van der Waals surface area (Å²) in [6.45, 7) is 4.38. The average Bonchev–Trinajstić information content (AvgIpc) is 2.01. The van der Waals surface area contributed by atoms with Crippen LogP contribution in [0.2, 0.25) is 0 Å². The molecule has 0 heterocycles. The Balaban J connectivity index is 3.95. The summed E-state index contributed by atoms with van der Waals surface area (Å²) in [6, 6.07) is 0. The van der Waals surface area contributed by atoms with E-state index in [-0.39, 0.29) is 25.6 Å². The fourth-order valence-corrected chi connectivity index (χ4v) is 12.4. The highest BCUT2D eigenvalue weighted by molar-refractivity contribution is 7.47. The molecule has 0 saturated carbocycles. The number of hydrogen-bond donors (Lipinski definition) is 1. The summed E-state index contributed by atoms with van der Waals surface area (Å²) in [5.41, 5.74) is 0. The molecule has 93 heavy (non-hydrogen) atoms. The van der Waals surface area contributed by atoms with Crippen molar-refractivity contribution in [1.29, 1.82) is 0 Å². The van der Waals surface area contributed by atoms with Gasteiger partial charge in [0, 0.05) is 12.8 Å². The molecule has 0 aromatic carbocycles. The third-order valence-electron chi connectivity index (χ3n) is 17.7. The zero-order valence-corrected chi connectivity index (χ0v) is 62.9. The number of phosphoric acid groups is 1. The van der Waals surface area contributed by atoms with Gasteiger partial charge in [-0.25, -0.2) is 4.57 Å². The Hall–Kier alpha value is -2.81. The van der Waals surface area contributed by atoms with E-state index in [1.807, 2.05) is 21.1 Å². The Morgan fingerprint density at radius 3 is 0.914 bits per heavy atom. The minimum absolute atomic E-state index is 0.0325. The van der Waals surface area contributed by atoms with Crippen LogP contribution in [0.25, 0.3) is 0 Å². The second-order valence-corrected chi connectivity index (χ2v) is 29.5. The predicted molar refractivity (Wildman–Crippen MR) is 404 cm³/mol. The van der Waals surface area contributed by atoms with E-state index in [0.29, 0.717) is 23.9 Å². The summed E-state index contributed by atoms with van der Waals surface area (Å²) < 4.78 is 34.8. The van der Waals surface area contributed by atoms with E-state index in [1.54, 1.807) is 0 Å². The third kappa shape index (κ3) is 78.1. The highest BCUT2D eigenvalue weighted by atomic mass is 31.2. The number of likely N-dealkylation sites (N-methyl/N-ethyl adjacent to an activating group) is 1. The van der Waals surface area contributed by atoms with Crippen LogP contribution in [0.15, 0.2) is 85.1 Å². The number of hydrogen-bond acceptors (Lipinski definition) is 7. The Morgan fingerprint density at radius 1 is 0.344 bits per heavy atom. The van der Waals surface area contributed by atoms with Gasteiger partial charge < -0.3 is 18.9 Å². The van der Waals surface area contributed by atoms with Gasteiger partial charge >= 0.3 is 19.8 Å². The predicted octanol–water partition coefficient (Wildman–Crippen LogP) is 26.5. The van der Waals surface area contributed by atoms with E-state index in [9.17, 15) is 19.0 Å². The van der Waals surface area contributed by atoms with E-state index < -0.39 is 26.5 Å². The lowest BCUT2D eigenvalue weighted by molar-refractivity contribution is -0.870. The number of nitrogens with zero attached hydrogens (tertiary/aromatic N) is 1. The molecular formula is C83H153NO8P+. The molecule has 0 rings (SSSR count). The van der Waals surface area contributed by atoms with Gasteiger partial charge in [-0.2, -0.15) is 0 Å². The average molecular weight is 1320 g/mol. The molecule has 0 aliphatic rings. The first-order valence-corrected chi connectivity index (χ1v) is 41.3. The molecule has 2 unspecified atom stereocenters. The molecule has 0 aromatic rings. The lowest BCUT2D eigenvalue weighted by Gasteiger charge is -2.24. The topological polar surface area (TPSA) is 108 Å². The van der Waals surface area contributed by atoms with Crippen LogP contribution < -0.4 is 0 Å². The van der Waals surface area contributed by atoms with Crippen LogP contribution in [-0.4, -0.2) is 74.9 Å². The number of allylic oxidation sites excluding steroid dienone is 14. The van der Waals surface area contributed by atoms with Gasteiger partial charge in [0.25, 0.3) is 0 Å². The third-order valence-corrected chi connectivity index (χ3v) is 18.7. The second kappa shape index (κ2) is 73.4. The fraction of sp³-hybridized carbons (Fsp3) is 0.807. The molecule has 0 amide bonds. The molecule has 0 spiro atoms. The largest absolute Gasteiger partial charge is 0.472 e. The van der Waals surface area contributed by atoms with Crippen molar-refractivity contribution >= 4 is 19.8 Å². The van der Waals surface area contributed by atoms with Gasteiger partial charge in [0.15, 0.2) is 6.10 Å². The number of esters is 2. The van der Waals surface area contributed by atoms with Crippen LogP contribution in [0.3, 0.4) is 0 Å². The number of unbranched alkanes of at least 4 members (excludes halogenated alkanes) is 46. The number of ether oxygens (including phenoxy) is 2. The Morgan fingerprint density at radius 2 is 0.613 bits per heavy atom. The Bertz CT molecular complexity index is 1850. The molecule has 0 aliphatic heterocycles. The van der Waals surface area contributed by atoms with Gasteiger partial charge in [0.2, 0.25) is 0 Å². The van der Waals surface area contributed by atoms with Crippen molar-refractivity contribution in [2.45, 2.75) is 386 Å². The lowest BCUT2D eigenvalue weighted by Crippen LogP contribution is -2.37. The SMILES string of the molecule is CC/C=C\C/C=C\C/C=C\C/C=C\C/C=C\C/C=C\C/C=C\CCCCCCCCCCCCCCCCCCCC(=O)OC(COC(=O)CCCCCCCCCCCCCCCCCCCCCCCCCCCCCCCC)COP(=O)(O)OCC[N+](C)(C)C. The number of rotatable bonds is 74.